The minimum absolute atomic E-state index is 0.743. The number of ether oxygens (including phenoxy) is 2. The first-order valence-electron chi connectivity index (χ1n) is 5.84. The normalized spacial score (nSPS) is 15.2. The molecule has 0 atom stereocenters. The maximum atomic E-state index is 5.81. The van der Waals surface area contributed by atoms with Gasteiger partial charge in [-0.3, -0.25) is 0 Å². The molecule has 1 heterocycles. The Kier molecular flexibility index (Phi) is 2.67. The lowest BCUT2D eigenvalue weighted by Gasteiger charge is -2.09. The smallest absolute Gasteiger partial charge is 0.163 e. The molecular formula is C13H15NO2S. The van der Waals surface area contributed by atoms with E-state index in [0.717, 1.165) is 39.2 Å². The Morgan fingerprint density at radius 2 is 2.18 bits per heavy atom. The second-order valence-corrected chi connectivity index (χ2v) is 5.69. The third kappa shape index (κ3) is 2.22. The van der Waals surface area contributed by atoms with E-state index in [-0.39, 0.29) is 0 Å². The van der Waals surface area contributed by atoms with Crippen LogP contribution in [-0.4, -0.2) is 18.7 Å². The Morgan fingerprint density at radius 1 is 1.35 bits per heavy atom. The summed E-state index contributed by atoms with van der Waals surface area (Å²) >= 11 is 1.68. The highest BCUT2D eigenvalue weighted by atomic mass is 32.1. The average Bonchev–Trinajstić information content (AvgIpc) is 3.06. The van der Waals surface area contributed by atoms with Crippen molar-refractivity contribution in [1.82, 2.24) is 4.98 Å². The van der Waals surface area contributed by atoms with Gasteiger partial charge in [-0.25, -0.2) is 4.98 Å². The summed E-state index contributed by atoms with van der Waals surface area (Å²) in [7, 11) is 1.68. The summed E-state index contributed by atoms with van der Waals surface area (Å²) in [6, 6.07) is 4.00. The van der Waals surface area contributed by atoms with Gasteiger partial charge in [0.25, 0.3) is 0 Å². The zero-order chi connectivity index (χ0) is 11.8. The molecule has 0 N–H and O–H groups in total. The molecular weight excluding hydrogens is 234 g/mol. The summed E-state index contributed by atoms with van der Waals surface area (Å²) in [5.41, 5.74) is 0.999. The van der Waals surface area contributed by atoms with Crippen molar-refractivity contribution >= 4 is 21.6 Å². The average molecular weight is 249 g/mol. The maximum Gasteiger partial charge on any atom is 0.163 e. The van der Waals surface area contributed by atoms with Crippen LogP contribution in [0.15, 0.2) is 12.1 Å². The van der Waals surface area contributed by atoms with Crippen LogP contribution in [0.5, 0.6) is 11.5 Å². The Balaban J connectivity index is 1.94. The second kappa shape index (κ2) is 4.18. The van der Waals surface area contributed by atoms with Gasteiger partial charge in [0.2, 0.25) is 0 Å². The molecule has 3 nitrogen and oxygen atoms in total. The summed E-state index contributed by atoms with van der Waals surface area (Å²) < 4.78 is 12.3. The molecule has 3 rings (SSSR count). The van der Waals surface area contributed by atoms with Gasteiger partial charge in [0.1, 0.15) is 0 Å². The number of aromatic nitrogens is 1. The maximum absolute atomic E-state index is 5.81. The van der Waals surface area contributed by atoms with E-state index in [2.05, 4.69) is 4.98 Å². The van der Waals surface area contributed by atoms with Crippen LogP contribution in [0, 0.1) is 12.8 Å². The number of methoxy groups -OCH3 is 1. The molecule has 90 valence electrons. The number of fused-ring (bicyclic) bond motifs is 1. The molecule has 0 amide bonds. The molecule has 0 radical (unpaired) electrons. The van der Waals surface area contributed by atoms with Crippen LogP contribution in [0.4, 0.5) is 0 Å². The lowest BCUT2D eigenvalue weighted by molar-refractivity contribution is 0.281. The molecule has 1 aromatic carbocycles. The first-order chi connectivity index (χ1) is 8.26. The molecule has 0 spiro atoms. The zero-order valence-electron chi connectivity index (χ0n) is 10.0. The fraction of sp³-hybridized carbons (Fsp3) is 0.462. The topological polar surface area (TPSA) is 31.4 Å². The Labute approximate surface area is 104 Å². The van der Waals surface area contributed by atoms with E-state index in [9.17, 15) is 0 Å². The quantitative estimate of drug-likeness (QED) is 0.832. The van der Waals surface area contributed by atoms with Crippen molar-refractivity contribution < 1.29 is 9.47 Å². The standard InChI is InChI=1S/C13H15NO2S/c1-8-14-10-5-12(16-7-9-3-4-9)11(15-2)6-13(10)17-8/h5-6,9H,3-4,7H2,1-2H3. The van der Waals surface area contributed by atoms with E-state index >= 15 is 0 Å². The van der Waals surface area contributed by atoms with E-state index in [1.807, 2.05) is 19.1 Å². The van der Waals surface area contributed by atoms with Crippen molar-refractivity contribution in [2.24, 2.45) is 5.92 Å². The van der Waals surface area contributed by atoms with Crippen LogP contribution in [0.3, 0.4) is 0 Å². The molecule has 0 aliphatic heterocycles. The highest BCUT2D eigenvalue weighted by Crippen LogP contribution is 2.36. The first-order valence-corrected chi connectivity index (χ1v) is 6.66. The van der Waals surface area contributed by atoms with Crippen LogP contribution >= 0.6 is 11.3 Å². The molecule has 1 aliphatic rings. The van der Waals surface area contributed by atoms with Gasteiger partial charge in [-0.1, -0.05) is 0 Å². The minimum Gasteiger partial charge on any atom is -0.493 e. The van der Waals surface area contributed by atoms with Gasteiger partial charge in [-0.2, -0.15) is 0 Å². The molecule has 0 unspecified atom stereocenters. The molecule has 0 saturated heterocycles. The van der Waals surface area contributed by atoms with Gasteiger partial charge < -0.3 is 9.47 Å². The zero-order valence-corrected chi connectivity index (χ0v) is 10.8. The Bertz CT molecular complexity index is 546. The highest BCUT2D eigenvalue weighted by Gasteiger charge is 2.22. The summed E-state index contributed by atoms with van der Waals surface area (Å²) in [6.07, 6.45) is 2.58. The number of rotatable bonds is 4. The third-order valence-electron chi connectivity index (χ3n) is 2.95. The minimum atomic E-state index is 0.743. The summed E-state index contributed by atoms with van der Waals surface area (Å²) in [4.78, 5) is 4.47. The predicted molar refractivity (Wildman–Crippen MR) is 69.1 cm³/mol. The van der Waals surface area contributed by atoms with Gasteiger partial charge in [-0.15, -0.1) is 11.3 Å². The molecule has 2 aromatic rings. The van der Waals surface area contributed by atoms with E-state index in [4.69, 9.17) is 9.47 Å². The largest absolute Gasteiger partial charge is 0.493 e. The van der Waals surface area contributed by atoms with Crippen molar-refractivity contribution in [3.8, 4) is 11.5 Å². The van der Waals surface area contributed by atoms with E-state index in [1.165, 1.54) is 12.8 Å². The third-order valence-corrected chi connectivity index (χ3v) is 3.89. The van der Waals surface area contributed by atoms with Crippen molar-refractivity contribution in [3.63, 3.8) is 0 Å². The SMILES string of the molecule is COc1cc2sc(C)nc2cc1OCC1CC1. The van der Waals surface area contributed by atoms with Crippen molar-refractivity contribution in [2.45, 2.75) is 19.8 Å². The fourth-order valence-electron chi connectivity index (χ4n) is 1.82. The number of hydrogen-bond acceptors (Lipinski definition) is 4. The summed E-state index contributed by atoms with van der Waals surface area (Å²) in [6.45, 7) is 2.81. The molecule has 1 fully saturated rings. The second-order valence-electron chi connectivity index (χ2n) is 4.46. The molecule has 1 saturated carbocycles. The Morgan fingerprint density at radius 3 is 2.88 bits per heavy atom. The molecule has 1 aliphatic carbocycles. The Hall–Kier alpha value is -1.29. The predicted octanol–water partition coefficient (Wildman–Crippen LogP) is 3.40. The molecule has 4 heteroatoms. The number of benzene rings is 1. The number of nitrogens with zero attached hydrogens (tertiary/aromatic N) is 1. The lowest BCUT2D eigenvalue weighted by atomic mass is 10.3. The first kappa shape index (κ1) is 10.8. The van der Waals surface area contributed by atoms with Gasteiger partial charge >= 0.3 is 0 Å². The molecule has 17 heavy (non-hydrogen) atoms. The fourth-order valence-corrected chi connectivity index (χ4v) is 2.65. The van der Waals surface area contributed by atoms with E-state index in [0.29, 0.717) is 0 Å². The van der Waals surface area contributed by atoms with Crippen LogP contribution in [0.1, 0.15) is 17.8 Å². The van der Waals surface area contributed by atoms with Gasteiger partial charge in [0, 0.05) is 12.1 Å². The number of aryl methyl sites for hydroxylation is 1. The molecule has 1 aromatic heterocycles. The van der Waals surface area contributed by atoms with Crippen molar-refractivity contribution in [3.05, 3.63) is 17.1 Å². The van der Waals surface area contributed by atoms with Crippen LogP contribution < -0.4 is 9.47 Å². The van der Waals surface area contributed by atoms with Crippen molar-refractivity contribution in [2.75, 3.05) is 13.7 Å². The van der Waals surface area contributed by atoms with Crippen LogP contribution in [-0.2, 0) is 0 Å². The number of hydrogen-bond donors (Lipinski definition) is 0. The number of thiazole rings is 1. The highest BCUT2D eigenvalue weighted by molar-refractivity contribution is 7.18. The van der Waals surface area contributed by atoms with Gasteiger partial charge in [-0.05, 0) is 25.7 Å². The summed E-state index contributed by atoms with van der Waals surface area (Å²) in [5, 5.41) is 1.07. The van der Waals surface area contributed by atoms with Crippen molar-refractivity contribution in [1.29, 1.82) is 0 Å². The van der Waals surface area contributed by atoms with Crippen LogP contribution in [0.2, 0.25) is 0 Å². The van der Waals surface area contributed by atoms with E-state index < -0.39 is 0 Å². The lowest BCUT2D eigenvalue weighted by Crippen LogP contribution is -2.00. The van der Waals surface area contributed by atoms with Gasteiger partial charge in [0.05, 0.1) is 28.9 Å². The summed E-state index contributed by atoms with van der Waals surface area (Å²) in [5.74, 6) is 2.37. The van der Waals surface area contributed by atoms with E-state index in [1.54, 1.807) is 18.4 Å². The van der Waals surface area contributed by atoms with Crippen LogP contribution in [0.25, 0.3) is 10.2 Å². The van der Waals surface area contributed by atoms with Gasteiger partial charge in [0.15, 0.2) is 11.5 Å². The molecule has 0 bridgehead atoms. The monoisotopic (exact) mass is 249 g/mol.